The predicted octanol–water partition coefficient (Wildman–Crippen LogP) is 4.00. The summed E-state index contributed by atoms with van der Waals surface area (Å²) < 4.78 is 1.99. The third-order valence-electron chi connectivity index (χ3n) is 3.91. The van der Waals surface area contributed by atoms with Crippen molar-refractivity contribution >= 4 is 17.2 Å². The minimum Gasteiger partial charge on any atom is -0.356 e. The molecule has 2 rings (SSSR count). The van der Waals surface area contributed by atoms with Crippen molar-refractivity contribution in [3.05, 3.63) is 28.3 Å². The zero-order chi connectivity index (χ0) is 15.8. The van der Waals surface area contributed by atoms with Crippen LogP contribution in [0.4, 0.5) is 5.82 Å². The van der Waals surface area contributed by atoms with Gasteiger partial charge in [-0.25, -0.2) is 4.98 Å². The van der Waals surface area contributed by atoms with Gasteiger partial charge in [0.15, 0.2) is 5.51 Å². The van der Waals surface area contributed by atoms with E-state index in [1.165, 1.54) is 37.9 Å². The molecule has 0 saturated carbocycles. The molecule has 121 valence electrons. The Balaban J connectivity index is 1.92. The summed E-state index contributed by atoms with van der Waals surface area (Å²) in [5, 5.41) is 6.58. The Hall–Kier alpha value is -1.36. The van der Waals surface area contributed by atoms with E-state index in [1.54, 1.807) is 11.3 Å². The Morgan fingerprint density at radius 3 is 2.68 bits per heavy atom. The van der Waals surface area contributed by atoms with Crippen molar-refractivity contribution in [2.24, 2.45) is 7.05 Å². The summed E-state index contributed by atoms with van der Waals surface area (Å²) in [6.45, 7) is 6.40. The second kappa shape index (κ2) is 8.93. The first-order chi connectivity index (χ1) is 10.7. The summed E-state index contributed by atoms with van der Waals surface area (Å²) in [6, 6.07) is 2.18. The molecule has 0 bridgehead atoms. The van der Waals surface area contributed by atoms with Crippen LogP contribution < -0.4 is 4.90 Å². The lowest BCUT2D eigenvalue weighted by molar-refractivity contribution is 0.605. The standard InChI is InChI=1S/C17H27N4S/c1-4-5-6-7-8-10-21(11-9-16-13-22-14-18-16)17-12-15(2)19-20(17)3/h12-13H,4-11H2,1-3H3. The first-order valence-corrected chi connectivity index (χ1v) is 9.14. The molecule has 4 nitrogen and oxygen atoms in total. The number of aromatic nitrogens is 3. The van der Waals surface area contributed by atoms with Gasteiger partial charge in [0.05, 0.1) is 11.4 Å². The normalized spacial score (nSPS) is 11.0. The molecule has 0 unspecified atom stereocenters. The maximum absolute atomic E-state index is 4.49. The second-order valence-corrected chi connectivity index (χ2v) is 6.50. The molecule has 2 aromatic rings. The van der Waals surface area contributed by atoms with Gasteiger partial charge < -0.3 is 4.90 Å². The number of hydrogen-bond acceptors (Lipinski definition) is 4. The zero-order valence-electron chi connectivity index (χ0n) is 14.0. The van der Waals surface area contributed by atoms with E-state index in [2.05, 4.69) is 45.8 Å². The minimum absolute atomic E-state index is 0.971. The van der Waals surface area contributed by atoms with Gasteiger partial charge in [-0.1, -0.05) is 32.6 Å². The summed E-state index contributed by atoms with van der Waals surface area (Å²) in [5.41, 5.74) is 5.15. The molecule has 22 heavy (non-hydrogen) atoms. The summed E-state index contributed by atoms with van der Waals surface area (Å²) in [7, 11) is 2.03. The molecule has 2 aromatic heterocycles. The molecule has 0 aromatic carbocycles. The van der Waals surface area contributed by atoms with E-state index in [1.807, 2.05) is 11.7 Å². The quantitative estimate of drug-likeness (QED) is 0.621. The van der Waals surface area contributed by atoms with Gasteiger partial charge in [0.2, 0.25) is 0 Å². The Bertz CT molecular complexity index is 533. The van der Waals surface area contributed by atoms with Crippen molar-refractivity contribution < 1.29 is 0 Å². The SMILES string of the molecule is CCCCCCCN(CCc1cs[c]n1)c1cc(C)nn1C. The Morgan fingerprint density at radius 2 is 2.05 bits per heavy atom. The highest BCUT2D eigenvalue weighted by molar-refractivity contribution is 7.07. The molecule has 0 saturated heterocycles. The fraction of sp³-hybridized carbons (Fsp3) is 0.647. The molecule has 0 N–H and O–H groups in total. The lowest BCUT2D eigenvalue weighted by Crippen LogP contribution is -2.29. The van der Waals surface area contributed by atoms with Crippen LogP contribution in [0.2, 0.25) is 0 Å². The topological polar surface area (TPSA) is 34.0 Å². The van der Waals surface area contributed by atoms with Gasteiger partial charge in [0, 0.05) is 38.0 Å². The van der Waals surface area contributed by atoms with E-state index in [0.717, 1.165) is 30.9 Å². The van der Waals surface area contributed by atoms with Crippen molar-refractivity contribution in [1.29, 1.82) is 0 Å². The molecular formula is C17H27N4S. The smallest absolute Gasteiger partial charge is 0.152 e. The highest BCUT2D eigenvalue weighted by Gasteiger charge is 2.12. The first kappa shape index (κ1) is 17.0. The third kappa shape index (κ3) is 5.13. The molecule has 0 spiro atoms. The predicted molar refractivity (Wildman–Crippen MR) is 93.6 cm³/mol. The summed E-state index contributed by atoms with van der Waals surface area (Å²) in [4.78, 5) is 6.72. The monoisotopic (exact) mass is 319 g/mol. The molecule has 0 aliphatic carbocycles. The Morgan fingerprint density at radius 1 is 1.23 bits per heavy atom. The summed E-state index contributed by atoms with van der Waals surface area (Å²) in [6.07, 6.45) is 7.51. The zero-order valence-corrected chi connectivity index (χ0v) is 14.8. The van der Waals surface area contributed by atoms with E-state index in [-0.39, 0.29) is 0 Å². The highest BCUT2D eigenvalue weighted by atomic mass is 32.1. The third-order valence-corrected chi connectivity index (χ3v) is 4.49. The van der Waals surface area contributed by atoms with Crippen molar-refractivity contribution in [3.8, 4) is 0 Å². The molecule has 5 heteroatoms. The van der Waals surface area contributed by atoms with Crippen LogP contribution in [0.25, 0.3) is 0 Å². The fourth-order valence-electron chi connectivity index (χ4n) is 2.71. The number of thiazole rings is 1. The number of hydrogen-bond donors (Lipinski definition) is 0. The van der Waals surface area contributed by atoms with Gasteiger partial charge in [-0.05, 0) is 13.3 Å². The number of anilines is 1. The van der Waals surface area contributed by atoms with E-state index in [9.17, 15) is 0 Å². The molecule has 2 heterocycles. The van der Waals surface area contributed by atoms with Gasteiger partial charge in [-0.2, -0.15) is 5.10 Å². The number of rotatable bonds is 10. The maximum Gasteiger partial charge on any atom is 0.152 e. The molecule has 0 aliphatic rings. The van der Waals surface area contributed by atoms with Gasteiger partial charge in [0.25, 0.3) is 0 Å². The highest BCUT2D eigenvalue weighted by Crippen LogP contribution is 2.17. The lowest BCUT2D eigenvalue weighted by Gasteiger charge is -2.24. The molecule has 0 fully saturated rings. The number of nitrogens with zero attached hydrogens (tertiary/aromatic N) is 4. The van der Waals surface area contributed by atoms with Crippen molar-refractivity contribution in [2.75, 3.05) is 18.0 Å². The Labute approximate surface area is 138 Å². The average Bonchev–Trinajstić information content (AvgIpc) is 3.12. The maximum atomic E-state index is 4.49. The van der Waals surface area contributed by atoms with Crippen LogP contribution in [0, 0.1) is 12.4 Å². The van der Waals surface area contributed by atoms with Crippen molar-refractivity contribution in [1.82, 2.24) is 14.8 Å². The first-order valence-electron chi connectivity index (χ1n) is 8.26. The molecule has 0 amide bonds. The molecule has 0 atom stereocenters. The van der Waals surface area contributed by atoms with E-state index in [0.29, 0.717) is 0 Å². The lowest BCUT2D eigenvalue weighted by atomic mass is 10.1. The van der Waals surface area contributed by atoms with Crippen molar-refractivity contribution in [2.45, 2.75) is 52.4 Å². The van der Waals surface area contributed by atoms with Crippen molar-refractivity contribution in [3.63, 3.8) is 0 Å². The van der Waals surface area contributed by atoms with E-state index >= 15 is 0 Å². The molecule has 1 radical (unpaired) electrons. The van der Waals surface area contributed by atoms with Gasteiger partial charge in [-0.3, -0.25) is 4.68 Å². The van der Waals surface area contributed by atoms with E-state index < -0.39 is 0 Å². The van der Waals surface area contributed by atoms with Crippen LogP contribution in [0.15, 0.2) is 11.4 Å². The van der Waals surface area contributed by atoms with E-state index in [4.69, 9.17) is 0 Å². The molecular weight excluding hydrogens is 292 g/mol. The fourth-order valence-corrected chi connectivity index (χ4v) is 3.24. The second-order valence-electron chi connectivity index (χ2n) is 5.85. The minimum atomic E-state index is 0.971. The Kier molecular flexibility index (Phi) is 6.90. The van der Waals surface area contributed by atoms with Crippen LogP contribution in [-0.2, 0) is 13.5 Å². The average molecular weight is 319 g/mol. The molecule has 0 aliphatic heterocycles. The largest absolute Gasteiger partial charge is 0.356 e. The summed E-state index contributed by atoms with van der Waals surface area (Å²) >= 11 is 1.55. The van der Waals surface area contributed by atoms with Crippen LogP contribution in [-0.4, -0.2) is 27.9 Å². The number of aryl methyl sites for hydroxylation is 2. The van der Waals surface area contributed by atoms with Crippen LogP contribution >= 0.6 is 11.3 Å². The van der Waals surface area contributed by atoms with Gasteiger partial charge in [0.1, 0.15) is 5.82 Å². The van der Waals surface area contributed by atoms with Gasteiger partial charge >= 0.3 is 0 Å². The van der Waals surface area contributed by atoms with Crippen LogP contribution in [0.1, 0.15) is 50.4 Å². The van der Waals surface area contributed by atoms with Gasteiger partial charge in [-0.15, -0.1) is 11.3 Å². The number of unbranched alkanes of at least 4 members (excludes halogenated alkanes) is 4. The summed E-state index contributed by atoms with van der Waals surface area (Å²) in [5.74, 6) is 1.22. The van der Waals surface area contributed by atoms with Crippen LogP contribution in [0.3, 0.4) is 0 Å². The van der Waals surface area contributed by atoms with Crippen LogP contribution in [0.5, 0.6) is 0 Å².